The number of ether oxygens (including phenoxy) is 4. The molecule has 0 aliphatic rings. The van der Waals surface area contributed by atoms with Crippen LogP contribution < -0.4 is 24.8 Å². The summed E-state index contributed by atoms with van der Waals surface area (Å²) in [6.07, 6.45) is 0. The molecule has 8 nitrogen and oxygen atoms in total. The minimum Gasteiger partial charge on any atom is -0.493 e. The number of rotatable bonds is 11. The molecule has 0 bridgehead atoms. The molecule has 0 amide bonds. The monoisotopic (exact) mass is 368 g/mol. The van der Waals surface area contributed by atoms with E-state index in [1.807, 2.05) is 12.1 Å². The van der Waals surface area contributed by atoms with Gasteiger partial charge in [-0.3, -0.25) is 4.99 Å². The quantitative estimate of drug-likeness (QED) is 0.445. The molecule has 0 fully saturated rings. The lowest BCUT2D eigenvalue weighted by molar-refractivity contribution is 0.162. The molecule has 0 saturated heterocycles. The van der Waals surface area contributed by atoms with E-state index in [9.17, 15) is 0 Å². The highest BCUT2D eigenvalue weighted by Crippen LogP contribution is 2.38. The molecule has 0 heterocycles. The van der Waals surface area contributed by atoms with Crippen molar-refractivity contribution < 1.29 is 18.9 Å². The number of guanidine groups is 1. The van der Waals surface area contributed by atoms with E-state index < -0.39 is 0 Å². The van der Waals surface area contributed by atoms with Gasteiger partial charge < -0.3 is 34.5 Å². The maximum atomic E-state index is 5.38. The lowest BCUT2D eigenvalue weighted by Crippen LogP contribution is -2.41. The summed E-state index contributed by atoms with van der Waals surface area (Å²) >= 11 is 0. The summed E-state index contributed by atoms with van der Waals surface area (Å²) in [4.78, 5) is 6.44. The van der Waals surface area contributed by atoms with Gasteiger partial charge in [0.25, 0.3) is 0 Å². The molecule has 8 heteroatoms. The van der Waals surface area contributed by atoms with Crippen LogP contribution in [0.2, 0.25) is 0 Å². The average molecular weight is 368 g/mol. The molecule has 1 aromatic carbocycles. The SMILES string of the molecule is CN=C(NCCN(C)CCOC)NCc1cc(OC)c(OC)c(OC)c1. The van der Waals surface area contributed by atoms with Crippen molar-refractivity contribution >= 4 is 5.96 Å². The van der Waals surface area contributed by atoms with Gasteiger partial charge in [0.2, 0.25) is 5.75 Å². The average Bonchev–Trinajstić information content (AvgIpc) is 2.67. The Balaban J connectivity index is 2.58. The zero-order chi connectivity index (χ0) is 19.4. The van der Waals surface area contributed by atoms with E-state index >= 15 is 0 Å². The molecule has 0 radical (unpaired) electrons. The number of nitrogens with one attached hydrogen (secondary N) is 2. The molecule has 0 saturated carbocycles. The van der Waals surface area contributed by atoms with Crippen molar-refractivity contribution in [2.75, 3.05) is 68.8 Å². The Morgan fingerprint density at radius 3 is 2.15 bits per heavy atom. The standard InChI is InChI=1S/C18H32N4O4/c1-19-18(20-7-8-22(2)9-10-23-3)21-13-14-11-15(24-4)17(26-6)16(12-14)25-5/h11-12H,7-10,13H2,1-6H3,(H2,19,20,21). The highest BCUT2D eigenvalue weighted by molar-refractivity contribution is 5.79. The van der Waals surface area contributed by atoms with E-state index in [1.54, 1.807) is 35.5 Å². The number of aliphatic imine (C=N–C) groups is 1. The first-order valence-electron chi connectivity index (χ1n) is 8.50. The van der Waals surface area contributed by atoms with Gasteiger partial charge in [0.05, 0.1) is 27.9 Å². The van der Waals surface area contributed by atoms with Crippen LogP contribution in [0.1, 0.15) is 5.56 Å². The van der Waals surface area contributed by atoms with Crippen molar-refractivity contribution in [3.63, 3.8) is 0 Å². The fourth-order valence-corrected chi connectivity index (χ4v) is 2.37. The summed E-state index contributed by atoms with van der Waals surface area (Å²) in [7, 11) is 10.3. The number of benzene rings is 1. The molecule has 26 heavy (non-hydrogen) atoms. The molecule has 0 aliphatic heterocycles. The molecule has 0 aliphatic carbocycles. The van der Waals surface area contributed by atoms with Crippen LogP contribution in [0.3, 0.4) is 0 Å². The predicted octanol–water partition coefficient (Wildman–Crippen LogP) is 0.956. The topological polar surface area (TPSA) is 76.6 Å². The summed E-state index contributed by atoms with van der Waals surface area (Å²) < 4.78 is 21.2. The van der Waals surface area contributed by atoms with Crippen molar-refractivity contribution in [2.45, 2.75) is 6.54 Å². The van der Waals surface area contributed by atoms with Gasteiger partial charge in [-0.1, -0.05) is 0 Å². The maximum Gasteiger partial charge on any atom is 0.203 e. The summed E-state index contributed by atoms with van der Waals surface area (Å²) in [5.41, 5.74) is 1.000. The molecule has 0 atom stereocenters. The summed E-state index contributed by atoms with van der Waals surface area (Å²) in [5, 5.41) is 6.58. The van der Waals surface area contributed by atoms with E-state index in [4.69, 9.17) is 18.9 Å². The molecule has 0 aromatic heterocycles. The lowest BCUT2D eigenvalue weighted by atomic mass is 10.2. The second-order valence-electron chi connectivity index (χ2n) is 5.68. The Morgan fingerprint density at radius 1 is 1.00 bits per heavy atom. The van der Waals surface area contributed by atoms with Crippen molar-refractivity contribution in [2.24, 2.45) is 4.99 Å². The zero-order valence-electron chi connectivity index (χ0n) is 16.7. The molecule has 0 unspecified atom stereocenters. The molecular weight excluding hydrogens is 336 g/mol. The highest BCUT2D eigenvalue weighted by Gasteiger charge is 2.13. The Labute approximate surface area is 156 Å². The molecule has 1 aromatic rings. The van der Waals surface area contributed by atoms with E-state index in [0.717, 1.165) is 37.8 Å². The lowest BCUT2D eigenvalue weighted by Gasteiger charge is -2.18. The normalized spacial score (nSPS) is 11.4. The molecular formula is C18H32N4O4. The zero-order valence-corrected chi connectivity index (χ0v) is 16.7. The van der Waals surface area contributed by atoms with Gasteiger partial charge in [0.1, 0.15) is 0 Å². The van der Waals surface area contributed by atoms with E-state index in [0.29, 0.717) is 23.8 Å². The minimum absolute atomic E-state index is 0.579. The maximum absolute atomic E-state index is 5.38. The van der Waals surface area contributed by atoms with Crippen LogP contribution in [0.15, 0.2) is 17.1 Å². The number of nitrogens with zero attached hydrogens (tertiary/aromatic N) is 2. The Bertz CT molecular complexity index is 541. The summed E-state index contributed by atoms with van der Waals surface area (Å²) in [6, 6.07) is 3.83. The predicted molar refractivity (Wildman–Crippen MR) is 104 cm³/mol. The molecule has 148 valence electrons. The smallest absolute Gasteiger partial charge is 0.203 e. The van der Waals surface area contributed by atoms with Crippen LogP contribution in [0.4, 0.5) is 0 Å². The van der Waals surface area contributed by atoms with Gasteiger partial charge in [-0.15, -0.1) is 0 Å². The fraction of sp³-hybridized carbons (Fsp3) is 0.611. The second kappa shape index (κ2) is 12.2. The van der Waals surface area contributed by atoms with Gasteiger partial charge in [0.15, 0.2) is 17.5 Å². The molecule has 2 N–H and O–H groups in total. The van der Waals surface area contributed by atoms with E-state index in [-0.39, 0.29) is 0 Å². The fourth-order valence-electron chi connectivity index (χ4n) is 2.37. The number of likely N-dealkylation sites (N-methyl/N-ethyl adjacent to an activating group) is 1. The second-order valence-corrected chi connectivity index (χ2v) is 5.68. The van der Waals surface area contributed by atoms with Crippen LogP contribution in [0.25, 0.3) is 0 Å². The van der Waals surface area contributed by atoms with E-state index in [2.05, 4.69) is 27.6 Å². The van der Waals surface area contributed by atoms with Gasteiger partial charge in [-0.2, -0.15) is 0 Å². The van der Waals surface area contributed by atoms with Crippen LogP contribution in [-0.4, -0.2) is 79.6 Å². The van der Waals surface area contributed by atoms with Crippen LogP contribution in [-0.2, 0) is 11.3 Å². The largest absolute Gasteiger partial charge is 0.493 e. The Morgan fingerprint density at radius 2 is 1.65 bits per heavy atom. The number of hydrogen-bond acceptors (Lipinski definition) is 6. The summed E-state index contributed by atoms with van der Waals surface area (Å²) in [5.74, 6) is 2.58. The van der Waals surface area contributed by atoms with Crippen molar-refractivity contribution in [1.82, 2.24) is 15.5 Å². The van der Waals surface area contributed by atoms with Crippen molar-refractivity contribution in [3.05, 3.63) is 17.7 Å². The number of methoxy groups -OCH3 is 4. The van der Waals surface area contributed by atoms with Crippen LogP contribution in [0, 0.1) is 0 Å². The van der Waals surface area contributed by atoms with Gasteiger partial charge >= 0.3 is 0 Å². The van der Waals surface area contributed by atoms with Gasteiger partial charge in [0, 0.05) is 40.3 Å². The van der Waals surface area contributed by atoms with E-state index in [1.165, 1.54) is 0 Å². The third kappa shape index (κ3) is 6.97. The minimum atomic E-state index is 0.579. The number of hydrogen-bond donors (Lipinski definition) is 2. The molecule has 0 spiro atoms. The highest BCUT2D eigenvalue weighted by atomic mass is 16.5. The van der Waals surface area contributed by atoms with Crippen molar-refractivity contribution in [3.8, 4) is 17.2 Å². The first kappa shape index (κ1) is 21.9. The Hall–Kier alpha value is -2.19. The third-order valence-corrected chi connectivity index (χ3v) is 3.87. The Kier molecular flexibility index (Phi) is 10.3. The summed E-state index contributed by atoms with van der Waals surface area (Å²) in [6.45, 7) is 3.89. The molecule has 1 rings (SSSR count). The van der Waals surface area contributed by atoms with Crippen molar-refractivity contribution in [1.29, 1.82) is 0 Å². The van der Waals surface area contributed by atoms with Gasteiger partial charge in [-0.25, -0.2) is 0 Å². The third-order valence-electron chi connectivity index (χ3n) is 3.87. The first-order chi connectivity index (χ1) is 12.6. The van der Waals surface area contributed by atoms with Crippen LogP contribution in [0.5, 0.6) is 17.2 Å². The van der Waals surface area contributed by atoms with Gasteiger partial charge in [-0.05, 0) is 24.7 Å². The first-order valence-corrected chi connectivity index (χ1v) is 8.50. The van der Waals surface area contributed by atoms with Crippen LogP contribution >= 0.6 is 0 Å².